The summed E-state index contributed by atoms with van der Waals surface area (Å²) in [6, 6.07) is 6.04. The molecule has 2 aromatic rings. The molecule has 0 saturated carbocycles. The van der Waals surface area contributed by atoms with Crippen LogP contribution in [-0.4, -0.2) is 48.2 Å². The zero-order valence-electron chi connectivity index (χ0n) is 12.6. The zero-order valence-corrected chi connectivity index (χ0v) is 12.6. The Hall–Kier alpha value is -2.54. The molecule has 1 aromatic carbocycles. The van der Waals surface area contributed by atoms with Gasteiger partial charge in [-0.15, -0.1) is 0 Å². The maximum Gasteiger partial charge on any atom is 0.268 e. The summed E-state index contributed by atoms with van der Waals surface area (Å²) in [6.07, 6.45) is -1.01. The lowest BCUT2D eigenvalue weighted by Crippen LogP contribution is -2.51. The molecule has 0 spiro atoms. The minimum absolute atomic E-state index is 0.286. The molecule has 0 fully saturated rings. The van der Waals surface area contributed by atoms with Crippen LogP contribution < -0.4 is 15.4 Å². The molecule has 2 rings (SSSR count). The lowest BCUT2D eigenvalue weighted by atomic mass is 10.1. The minimum Gasteiger partial charge on any atom is -0.496 e. The molecule has 1 heterocycles. The predicted molar refractivity (Wildman–Crippen MR) is 81.9 cm³/mol. The lowest BCUT2D eigenvalue weighted by Gasteiger charge is -2.19. The number of aliphatic hydroxyl groups is 1. The number of hydrogen-bond donors (Lipinski definition) is 4. The molecule has 0 aliphatic heterocycles. The Bertz CT molecular complexity index is 693. The standard InChI is InChI=1S/C15H19N3O4/c1-8(19)13(15(21)16-2)18-14(20)11-7-9-10(17-11)5-4-6-12(9)22-3/h4-8,13,17,19H,1-3H3,(H,16,21)(H,18,20)/t8-,13+/m1/s1. The number of amides is 2. The van der Waals surface area contributed by atoms with Crippen molar-refractivity contribution >= 4 is 22.7 Å². The van der Waals surface area contributed by atoms with Gasteiger partial charge in [0, 0.05) is 18.0 Å². The van der Waals surface area contributed by atoms with E-state index in [9.17, 15) is 14.7 Å². The smallest absolute Gasteiger partial charge is 0.268 e. The van der Waals surface area contributed by atoms with E-state index in [1.165, 1.54) is 14.0 Å². The maximum absolute atomic E-state index is 12.3. The summed E-state index contributed by atoms with van der Waals surface area (Å²) in [6.45, 7) is 1.44. The van der Waals surface area contributed by atoms with Gasteiger partial charge in [-0.2, -0.15) is 0 Å². The van der Waals surface area contributed by atoms with Crippen molar-refractivity contribution in [2.75, 3.05) is 14.2 Å². The van der Waals surface area contributed by atoms with Crippen LogP contribution >= 0.6 is 0 Å². The van der Waals surface area contributed by atoms with Crippen LogP contribution in [0.5, 0.6) is 5.75 Å². The first kappa shape index (κ1) is 15.8. The number of nitrogens with one attached hydrogen (secondary N) is 3. The molecule has 1 aromatic heterocycles. The van der Waals surface area contributed by atoms with Crippen LogP contribution in [-0.2, 0) is 4.79 Å². The number of carbonyl (C=O) groups excluding carboxylic acids is 2. The average molecular weight is 305 g/mol. The van der Waals surface area contributed by atoms with Gasteiger partial charge in [-0.05, 0) is 25.1 Å². The average Bonchev–Trinajstić information content (AvgIpc) is 2.95. The molecule has 0 aliphatic rings. The Morgan fingerprint density at radius 3 is 2.68 bits per heavy atom. The minimum atomic E-state index is -1.02. The Kier molecular flexibility index (Phi) is 4.67. The summed E-state index contributed by atoms with van der Waals surface area (Å²) in [4.78, 5) is 26.9. The van der Waals surface area contributed by atoms with Crippen molar-refractivity contribution < 1.29 is 19.4 Å². The number of H-pyrrole nitrogens is 1. The third-order valence-electron chi connectivity index (χ3n) is 3.39. The van der Waals surface area contributed by atoms with Gasteiger partial charge < -0.3 is 25.5 Å². The zero-order chi connectivity index (χ0) is 16.3. The SMILES string of the molecule is CNC(=O)[C@@H](NC(=O)c1cc2c(OC)cccc2[nH]1)[C@@H](C)O. The van der Waals surface area contributed by atoms with E-state index in [1.807, 2.05) is 12.1 Å². The fourth-order valence-corrected chi connectivity index (χ4v) is 2.21. The molecule has 0 radical (unpaired) electrons. The van der Waals surface area contributed by atoms with Gasteiger partial charge in [0.05, 0.1) is 13.2 Å². The number of hydrogen-bond acceptors (Lipinski definition) is 4. The van der Waals surface area contributed by atoms with Crippen molar-refractivity contribution in [2.24, 2.45) is 0 Å². The van der Waals surface area contributed by atoms with E-state index in [-0.39, 0.29) is 5.69 Å². The van der Waals surface area contributed by atoms with E-state index < -0.39 is 24.0 Å². The summed E-state index contributed by atoms with van der Waals surface area (Å²) < 4.78 is 5.24. The largest absolute Gasteiger partial charge is 0.496 e. The molecule has 2 amide bonds. The summed E-state index contributed by atoms with van der Waals surface area (Å²) >= 11 is 0. The maximum atomic E-state index is 12.3. The van der Waals surface area contributed by atoms with Gasteiger partial charge >= 0.3 is 0 Å². The van der Waals surface area contributed by atoms with Crippen molar-refractivity contribution in [3.05, 3.63) is 30.0 Å². The van der Waals surface area contributed by atoms with E-state index in [1.54, 1.807) is 19.2 Å². The Morgan fingerprint density at radius 1 is 1.36 bits per heavy atom. The molecular formula is C15H19N3O4. The third kappa shape index (κ3) is 3.04. The summed E-state index contributed by atoms with van der Waals surface area (Å²) in [5, 5.41) is 15.3. The van der Waals surface area contributed by atoms with Gasteiger partial charge in [0.2, 0.25) is 5.91 Å². The second-order valence-corrected chi connectivity index (χ2v) is 4.91. The normalized spacial score (nSPS) is 13.5. The highest BCUT2D eigenvalue weighted by molar-refractivity contribution is 6.01. The molecule has 0 unspecified atom stereocenters. The van der Waals surface area contributed by atoms with Gasteiger partial charge in [-0.3, -0.25) is 9.59 Å². The molecule has 0 aliphatic carbocycles. The van der Waals surface area contributed by atoms with Crippen molar-refractivity contribution in [1.82, 2.24) is 15.6 Å². The highest BCUT2D eigenvalue weighted by Gasteiger charge is 2.25. The van der Waals surface area contributed by atoms with Gasteiger partial charge in [0.1, 0.15) is 17.5 Å². The van der Waals surface area contributed by atoms with Gasteiger partial charge in [-0.1, -0.05) is 6.07 Å². The second-order valence-electron chi connectivity index (χ2n) is 4.91. The van der Waals surface area contributed by atoms with Crippen molar-refractivity contribution in [2.45, 2.75) is 19.1 Å². The second kappa shape index (κ2) is 6.48. The number of methoxy groups -OCH3 is 1. The first-order valence-electron chi connectivity index (χ1n) is 6.84. The Labute approximate surface area is 127 Å². The van der Waals surface area contributed by atoms with Crippen LogP contribution in [0.4, 0.5) is 0 Å². The van der Waals surface area contributed by atoms with E-state index in [0.717, 1.165) is 10.9 Å². The topological polar surface area (TPSA) is 103 Å². The fraction of sp³-hybridized carbons (Fsp3) is 0.333. The predicted octanol–water partition coefficient (Wildman–Crippen LogP) is 0.402. The van der Waals surface area contributed by atoms with Crippen molar-refractivity contribution in [1.29, 1.82) is 0 Å². The van der Waals surface area contributed by atoms with Crippen molar-refractivity contribution in [3.63, 3.8) is 0 Å². The van der Waals surface area contributed by atoms with E-state index in [4.69, 9.17) is 4.74 Å². The highest BCUT2D eigenvalue weighted by Crippen LogP contribution is 2.25. The van der Waals surface area contributed by atoms with Gasteiger partial charge in [-0.25, -0.2) is 0 Å². The molecule has 2 atom stereocenters. The number of aromatic amines is 1. The number of fused-ring (bicyclic) bond motifs is 1. The monoisotopic (exact) mass is 305 g/mol. The Morgan fingerprint density at radius 2 is 2.09 bits per heavy atom. The number of aliphatic hydroxyl groups excluding tert-OH is 1. The van der Waals surface area contributed by atoms with E-state index in [0.29, 0.717) is 5.75 Å². The number of benzene rings is 1. The number of carbonyl (C=O) groups is 2. The third-order valence-corrected chi connectivity index (χ3v) is 3.39. The first-order valence-corrected chi connectivity index (χ1v) is 6.84. The fourth-order valence-electron chi connectivity index (χ4n) is 2.21. The van der Waals surface area contributed by atoms with Crippen molar-refractivity contribution in [3.8, 4) is 5.75 Å². The molecule has 22 heavy (non-hydrogen) atoms. The lowest BCUT2D eigenvalue weighted by molar-refractivity contribution is -0.124. The molecule has 7 nitrogen and oxygen atoms in total. The molecule has 118 valence electrons. The molecule has 0 bridgehead atoms. The van der Waals surface area contributed by atoms with Gasteiger partial charge in [0.25, 0.3) is 5.91 Å². The van der Waals surface area contributed by atoms with E-state index >= 15 is 0 Å². The molecular weight excluding hydrogens is 286 g/mol. The van der Waals surface area contributed by atoms with Crippen LogP contribution in [0, 0.1) is 0 Å². The van der Waals surface area contributed by atoms with Gasteiger partial charge in [0.15, 0.2) is 0 Å². The van der Waals surface area contributed by atoms with Crippen LogP contribution in [0.25, 0.3) is 10.9 Å². The first-order chi connectivity index (χ1) is 10.5. The van der Waals surface area contributed by atoms with Crippen LogP contribution in [0.1, 0.15) is 17.4 Å². The Balaban J connectivity index is 2.27. The number of rotatable bonds is 5. The number of likely N-dealkylation sites (N-methyl/N-ethyl adjacent to an activating group) is 1. The van der Waals surface area contributed by atoms with E-state index in [2.05, 4.69) is 15.6 Å². The molecule has 4 N–H and O–H groups in total. The van der Waals surface area contributed by atoms with Crippen LogP contribution in [0.2, 0.25) is 0 Å². The van der Waals surface area contributed by atoms with Crippen LogP contribution in [0.15, 0.2) is 24.3 Å². The number of aromatic nitrogens is 1. The molecule has 7 heteroatoms. The number of ether oxygens (including phenoxy) is 1. The molecule has 0 saturated heterocycles. The van der Waals surface area contributed by atoms with Crippen LogP contribution in [0.3, 0.4) is 0 Å². The summed E-state index contributed by atoms with van der Waals surface area (Å²) in [5.74, 6) is -0.295. The summed E-state index contributed by atoms with van der Waals surface area (Å²) in [5.41, 5.74) is 1.03. The highest BCUT2D eigenvalue weighted by atomic mass is 16.5. The quantitative estimate of drug-likeness (QED) is 0.642. The summed E-state index contributed by atoms with van der Waals surface area (Å²) in [7, 11) is 2.99.